The number of benzene rings is 1. The van der Waals surface area contributed by atoms with E-state index in [2.05, 4.69) is 10.6 Å². The Hall–Kier alpha value is -1.59. The second kappa shape index (κ2) is 9.53. The maximum absolute atomic E-state index is 12.0. The number of nitrogens with one attached hydrogen (secondary N) is 2. The summed E-state index contributed by atoms with van der Waals surface area (Å²) in [4.78, 5) is 23.5. The van der Waals surface area contributed by atoms with Crippen LogP contribution in [-0.4, -0.2) is 17.9 Å². The normalized spacial score (nSPS) is 19.7. The van der Waals surface area contributed by atoms with Gasteiger partial charge in [-0.1, -0.05) is 19.1 Å². The summed E-state index contributed by atoms with van der Waals surface area (Å²) < 4.78 is 0. The SMILES string of the molecule is CCCC(=O)Nc1ccc(CNC(=O)C2CCC(N)C2)cc1.Cl. The van der Waals surface area contributed by atoms with Crippen LogP contribution >= 0.6 is 12.4 Å². The lowest BCUT2D eigenvalue weighted by Crippen LogP contribution is -2.29. The highest BCUT2D eigenvalue weighted by Crippen LogP contribution is 2.24. The third-order valence-corrected chi connectivity index (χ3v) is 4.03. The highest BCUT2D eigenvalue weighted by molar-refractivity contribution is 5.90. The van der Waals surface area contributed by atoms with E-state index in [1.165, 1.54) is 0 Å². The van der Waals surface area contributed by atoms with Crippen LogP contribution in [0.1, 0.15) is 44.6 Å². The second-order valence-electron chi connectivity index (χ2n) is 5.98. The Kier molecular flexibility index (Phi) is 8.06. The van der Waals surface area contributed by atoms with Crippen molar-refractivity contribution in [3.05, 3.63) is 29.8 Å². The van der Waals surface area contributed by atoms with Crippen molar-refractivity contribution in [1.82, 2.24) is 5.32 Å². The number of carbonyl (C=O) groups excluding carboxylic acids is 2. The first-order valence-electron chi connectivity index (χ1n) is 8.00. The van der Waals surface area contributed by atoms with Gasteiger partial charge in [-0.3, -0.25) is 9.59 Å². The molecule has 2 atom stereocenters. The van der Waals surface area contributed by atoms with Crippen molar-refractivity contribution in [3.8, 4) is 0 Å². The first-order valence-corrected chi connectivity index (χ1v) is 8.00. The standard InChI is InChI=1S/C17H25N3O2.ClH/c1-2-3-16(21)20-15-8-4-12(5-9-15)11-19-17(22)13-6-7-14(18)10-13;/h4-5,8-9,13-14H,2-3,6-7,10-11,18H2,1H3,(H,19,22)(H,20,21);1H. The molecule has 6 heteroatoms. The van der Waals surface area contributed by atoms with Crippen LogP contribution in [0.4, 0.5) is 5.69 Å². The van der Waals surface area contributed by atoms with E-state index < -0.39 is 0 Å². The lowest BCUT2D eigenvalue weighted by atomic mass is 10.1. The summed E-state index contributed by atoms with van der Waals surface area (Å²) in [6.45, 7) is 2.48. The van der Waals surface area contributed by atoms with Gasteiger partial charge in [-0.15, -0.1) is 12.4 Å². The van der Waals surface area contributed by atoms with Gasteiger partial charge >= 0.3 is 0 Å². The predicted octanol–water partition coefficient (Wildman–Crippen LogP) is 2.59. The van der Waals surface area contributed by atoms with Crippen LogP contribution in [0.5, 0.6) is 0 Å². The van der Waals surface area contributed by atoms with E-state index >= 15 is 0 Å². The molecule has 23 heavy (non-hydrogen) atoms. The first-order chi connectivity index (χ1) is 10.6. The summed E-state index contributed by atoms with van der Waals surface area (Å²) in [5.74, 6) is 0.178. The smallest absolute Gasteiger partial charge is 0.224 e. The number of amides is 2. The van der Waals surface area contributed by atoms with E-state index in [9.17, 15) is 9.59 Å². The Balaban J connectivity index is 0.00000264. The van der Waals surface area contributed by atoms with Gasteiger partial charge in [0, 0.05) is 30.6 Å². The van der Waals surface area contributed by atoms with Crippen LogP contribution < -0.4 is 16.4 Å². The molecule has 4 N–H and O–H groups in total. The van der Waals surface area contributed by atoms with Crippen LogP contribution in [0.25, 0.3) is 0 Å². The molecule has 1 aromatic carbocycles. The second-order valence-corrected chi connectivity index (χ2v) is 5.98. The van der Waals surface area contributed by atoms with Crippen molar-refractivity contribution in [1.29, 1.82) is 0 Å². The molecule has 0 radical (unpaired) electrons. The van der Waals surface area contributed by atoms with E-state index in [1.807, 2.05) is 31.2 Å². The highest BCUT2D eigenvalue weighted by Gasteiger charge is 2.27. The Morgan fingerprint density at radius 2 is 1.91 bits per heavy atom. The fourth-order valence-corrected chi connectivity index (χ4v) is 2.74. The minimum absolute atomic E-state index is 0. The Labute approximate surface area is 143 Å². The van der Waals surface area contributed by atoms with Gasteiger partial charge in [-0.25, -0.2) is 0 Å². The van der Waals surface area contributed by atoms with Crippen LogP contribution in [-0.2, 0) is 16.1 Å². The van der Waals surface area contributed by atoms with Crippen LogP contribution in [0.3, 0.4) is 0 Å². The zero-order chi connectivity index (χ0) is 15.9. The average molecular weight is 340 g/mol. The number of hydrogen-bond acceptors (Lipinski definition) is 3. The number of halogens is 1. The first kappa shape index (κ1) is 19.5. The van der Waals surface area contributed by atoms with E-state index in [-0.39, 0.29) is 36.2 Å². The lowest BCUT2D eigenvalue weighted by molar-refractivity contribution is -0.125. The van der Waals surface area contributed by atoms with Gasteiger partial charge in [-0.2, -0.15) is 0 Å². The molecule has 1 aromatic rings. The summed E-state index contributed by atoms with van der Waals surface area (Å²) >= 11 is 0. The molecule has 1 aliphatic rings. The van der Waals surface area contributed by atoms with Crippen LogP contribution in [0.15, 0.2) is 24.3 Å². The van der Waals surface area contributed by atoms with Gasteiger partial charge < -0.3 is 16.4 Å². The van der Waals surface area contributed by atoms with Gasteiger partial charge in [0.25, 0.3) is 0 Å². The molecule has 0 aromatic heterocycles. The molecular formula is C17H26ClN3O2. The maximum Gasteiger partial charge on any atom is 0.224 e. The number of nitrogens with two attached hydrogens (primary N) is 1. The van der Waals surface area contributed by atoms with E-state index in [0.29, 0.717) is 13.0 Å². The fraction of sp³-hybridized carbons (Fsp3) is 0.529. The van der Waals surface area contributed by atoms with Gasteiger partial charge in [0.1, 0.15) is 0 Å². The van der Waals surface area contributed by atoms with Gasteiger partial charge in [0.15, 0.2) is 0 Å². The number of carbonyl (C=O) groups is 2. The zero-order valence-electron chi connectivity index (χ0n) is 13.5. The van der Waals surface area contributed by atoms with E-state index in [1.54, 1.807) is 0 Å². The Morgan fingerprint density at radius 1 is 1.22 bits per heavy atom. The average Bonchev–Trinajstić information content (AvgIpc) is 2.93. The van der Waals surface area contributed by atoms with Crippen molar-refractivity contribution in [2.24, 2.45) is 11.7 Å². The molecule has 128 valence electrons. The van der Waals surface area contributed by atoms with Gasteiger partial charge in [-0.05, 0) is 43.4 Å². The molecule has 2 unspecified atom stereocenters. The monoisotopic (exact) mass is 339 g/mol. The summed E-state index contributed by atoms with van der Waals surface area (Å²) in [5.41, 5.74) is 7.64. The third-order valence-electron chi connectivity index (χ3n) is 4.03. The van der Waals surface area contributed by atoms with E-state index in [0.717, 1.165) is 36.9 Å². The minimum atomic E-state index is 0. The van der Waals surface area contributed by atoms with Gasteiger partial charge in [0.2, 0.25) is 11.8 Å². The van der Waals surface area contributed by atoms with Crippen molar-refractivity contribution in [3.63, 3.8) is 0 Å². The highest BCUT2D eigenvalue weighted by atomic mass is 35.5. The lowest BCUT2D eigenvalue weighted by Gasteiger charge is -2.11. The quantitative estimate of drug-likeness (QED) is 0.744. The summed E-state index contributed by atoms with van der Waals surface area (Å²) in [6, 6.07) is 7.73. The molecule has 0 bridgehead atoms. The molecule has 1 fully saturated rings. The zero-order valence-corrected chi connectivity index (χ0v) is 14.3. The molecule has 2 rings (SSSR count). The number of anilines is 1. The molecule has 0 saturated heterocycles. The molecule has 1 aliphatic carbocycles. The summed E-state index contributed by atoms with van der Waals surface area (Å²) in [6.07, 6.45) is 3.97. The van der Waals surface area contributed by atoms with Crippen molar-refractivity contribution >= 4 is 29.9 Å². The van der Waals surface area contributed by atoms with E-state index in [4.69, 9.17) is 5.73 Å². The van der Waals surface area contributed by atoms with Crippen LogP contribution in [0, 0.1) is 5.92 Å². The summed E-state index contributed by atoms with van der Waals surface area (Å²) in [5, 5.41) is 5.80. The molecular weight excluding hydrogens is 314 g/mol. The third kappa shape index (κ3) is 6.20. The maximum atomic E-state index is 12.0. The predicted molar refractivity (Wildman–Crippen MR) is 94.4 cm³/mol. The Bertz CT molecular complexity index is 519. The van der Waals surface area contributed by atoms with Crippen molar-refractivity contribution < 1.29 is 9.59 Å². The van der Waals surface area contributed by atoms with Crippen LogP contribution in [0.2, 0.25) is 0 Å². The largest absolute Gasteiger partial charge is 0.352 e. The topological polar surface area (TPSA) is 84.2 Å². The Morgan fingerprint density at radius 3 is 2.48 bits per heavy atom. The summed E-state index contributed by atoms with van der Waals surface area (Å²) in [7, 11) is 0. The molecule has 0 heterocycles. The van der Waals surface area contributed by atoms with Gasteiger partial charge in [0.05, 0.1) is 0 Å². The number of rotatable bonds is 6. The molecule has 0 spiro atoms. The number of hydrogen-bond donors (Lipinski definition) is 3. The fourth-order valence-electron chi connectivity index (χ4n) is 2.74. The minimum Gasteiger partial charge on any atom is -0.352 e. The van der Waals surface area contributed by atoms with Crippen molar-refractivity contribution in [2.45, 2.75) is 51.6 Å². The molecule has 1 saturated carbocycles. The molecule has 2 amide bonds. The van der Waals surface area contributed by atoms with Crippen molar-refractivity contribution in [2.75, 3.05) is 5.32 Å². The molecule has 5 nitrogen and oxygen atoms in total. The molecule has 0 aliphatic heterocycles.